The summed E-state index contributed by atoms with van der Waals surface area (Å²) in [6.45, 7) is 1.43. The number of rotatable bonds is 5. The minimum Gasteiger partial charge on any atom is -0.302 e. The standard InChI is InChI=1S/C20H13ClF6N6O/c1-10-6-15(19(23,24)20(25,26)27)33-16(28-10)7-14(30-33)18(34)29-17-13(21)9-32(31-17)8-11-2-4-12(22)5-3-11/h2-7,9H,8H2,1H3,(H,29,31,34). The second kappa shape index (κ2) is 8.31. The number of amides is 1. The Kier molecular flexibility index (Phi) is 5.75. The second-order valence-electron chi connectivity index (χ2n) is 7.26. The molecule has 0 radical (unpaired) electrons. The molecule has 178 valence electrons. The van der Waals surface area contributed by atoms with Gasteiger partial charge in [0.25, 0.3) is 5.91 Å². The Morgan fingerprint density at radius 3 is 2.41 bits per heavy atom. The molecular weight excluding hydrogens is 490 g/mol. The lowest BCUT2D eigenvalue weighted by Crippen LogP contribution is -2.36. The average molecular weight is 503 g/mol. The van der Waals surface area contributed by atoms with Gasteiger partial charge in [-0.15, -0.1) is 0 Å². The van der Waals surface area contributed by atoms with E-state index in [1.54, 1.807) is 0 Å². The van der Waals surface area contributed by atoms with E-state index in [1.807, 2.05) is 0 Å². The van der Waals surface area contributed by atoms with Gasteiger partial charge in [0.05, 0.1) is 6.54 Å². The molecule has 0 fully saturated rings. The number of nitrogens with zero attached hydrogens (tertiary/aromatic N) is 5. The van der Waals surface area contributed by atoms with Crippen molar-refractivity contribution in [3.8, 4) is 0 Å². The summed E-state index contributed by atoms with van der Waals surface area (Å²) >= 11 is 6.08. The highest BCUT2D eigenvalue weighted by Gasteiger charge is 2.60. The summed E-state index contributed by atoms with van der Waals surface area (Å²) in [6, 6.07) is 7.09. The van der Waals surface area contributed by atoms with Gasteiger partial charge in [0, 0.05) is 18.0 Å². The molecule has 4 rings (SSSR count). The van der Waals surface area contributed by atoms with Gasteiger partial charge >= 0.3 is 12.1 Å². The maximum Gasteiger partial charge on any atom is 0.459 e. The Hall–Kier alpha value is -3.61. The molecule has 0 unspecified atom stereocenters. The molecular formula is C20H13ClF6N6O. The zero-order chi connectivity index (χ0) is 24.8. The second-order valence-corrected chi connectivity index (χ2v) is 7.67. The molecule has 7 nitrogen and oxygen atoms in total. The van der Waals surface area contributed by atoms with Crippen molar-refractivity contribution in [3.05, 3.63) is 76.1 Å². The van der Waals surface area contributed by atoms with E-state index in [1.165, 1.54) is 42.1 Å². The number of hydrogen-bond acceptors (Lipinski definition) is 4. The number of hydrogen-bond donors (Lipinski definition) is 1. The van der Waals surface area contributed by atoms with E-state index in [0.717, 1.165) is 6.07 Å². The number of anilines is 1. The molecule has 0 saturated carbocycles. The van der Waals surface area contributed by atoms with Crippen molar-refractivity contribution in [2.75, 3.05) is 5.32 Å². The Labute approximate surface area is 192 Å². The van der Waals surface area contributed by atoms with Crippen molar-refractivity contribution in [2.45, 2.75) is 25.6 Å². The third kappa shape index (κ3) is 4.42. The van der Waals surface area contributed by atoms with E-state index < -0.39 is 35.2 Å². The fourth-order valence-electron chi connectivity index (χ4n) is 3.09. The smallest absolute Gasteiger partial charge is 0.302 e. The molecule has 1 aromatic carbocycles. The van der Waals surface area contributed by atoms with Crippen LogP contribution in [0.25, 0.3) is 5.65 Å². The van der Waals surface area contributed by atoms with Crippen LogP contribution < -0.4 is 5.32 Å². The Bertz CT molecular complexity index is 1380. The van der Waals surface area contributed by atoms with Crippen LogP contribution in [0.1, 0.15) is 27.4 Å². The van der Waals surface area contributed by atoms with E-state index in [2.05, 4.69) is 20.5 Å². The molecule has 0 aliphatic heterocycles. The van der Waals surface area contributed by atoms with Crippen molar-refractivity contribution in [3.63, 3.8) is 0 Å². The summed E-state index contributed by atoms with van der Waals surface area (Å²) < 4.78 is 81.5. The number of alkyl halides is 5. The van der Waals surface area contributed by atoms with Gasteiger partial charge in [0.2, 0.25) is 0 Å². The molecule has 0 aliphatic rings. The highest BCUT2D eigenvalue weighted by atomic mass is 35.5. The minimum atomic E-state index is -5.88. The van der Waals surface area contributed by atoms with E-state index in [0.29, 0.717) is 11.6 Å². The molecule has 0 spiro atoms. The van der Waals surface area contributed by atoms with Gasteiger partial charge in [-0.25, -0.2) is 13.9 Å². The normalized spacial score (nSPS) is 12.4. The maximum atomic E-state index is 14.0. The molecule has 1 N–H and O–H groups in total. The van der Waals surface area contributed by atoms with Gasteiger partial charge in [-0.3, -0.25) is 9.48 Å². The van der Waals surface area contributed by atoms with Crippen LogP contribution in [0.3, 0.4) is 0 Å². The topological polar surface area (TPSA) is 77.1 Å². The van der Waals surface area contributed by atoms with Crippen molar-refractivity contribution in [1.29, 1.82) is 0 Å². The number of nitrogens with one attached hydrogen (secondary N) is 1. The predicted octanol–water partition coefficient (Wildman–Crippen LogP) is 4.98. The molecule has 0 bridgehead atoms. The van der Waals surface area contributed by atoms with Crippen molar-refractivity contribution in [1.82, 2.24) is 24.4 Å². The lowest BCUT2D eigenvalue weighted by molar-refractivity contribution is -0.291. The number of fused-ring (bicyclic) bond motifs is 1. The van der Waals surface area contributed by atoms with E-state index in [9.17, 15) is 31.1 Å². The Morgan fingerprint density at radius 1 is 1.09 bits per heavy atom. The summed E-state index contributed by atoms with van der Waals surface area (Å²) in [5.41, 5.74) is -1.78. The number of aryl methyl sites for hydroxylation is 1. The van der Waals surface area contributed by atoms with Crippen LogP contribution in [0.15, 0.2) is 42.6 Å². The Balaban J connectivity index is 1.61. The van der Waals surface area contributed by atoms with Gasteiger partial charge in [-0.1, -0.05) is 23.7 Å². The highest BCUT2D eigenvalue weighted by molar-refractivity contribution is 6.33. The van der Waals surface area contributed by atoms with Crippen molar-refractivity contribution >= 4 is 29.0 Å². The van der Waals surface area contributed by atoms with Crippen LogP contribution in [-0.2, 0) is 12.5 Å². The first-order chi connectivity index (χ1) is 15.8. The summed E-state index contributed by atoms with van der Waals surface area (Å²) in [4.78, 5) is 16.5. The zero-order valence-corrected chi connectivity index (χ0v) is 17.8. The first-order valence-corrected chi connectivity index (χ1v) is 9.84. The molecule has 0 atom stereocenters. The number of benzene rings is 1. The summed E-state index contributed by atoms with van der Waals surface area (Å²) in [5.74, 6) is -6.71. The molecule has 34 heavy (non-hydrogen) atoms. The molecule has 3 aromatic heterocycles. The molecule has 0 saturated heterocycles. The highest BCUT2D eigenvalue weighted by Crippen LogP contribution is 2.43. The lowest BCUT2D eigenvalue weighted by Gasteiger charge is -2.20. The number of halogens is 7. The Morgan fingerprint density at radius 2 is 1.76 bits per heavy atom. The molecule has 14 heteroatoms. The van der Waals surface area contributed by atoms with Crippen LogP contribution in [0, 0.1) is 12.7 Å². The first kappa shape index (κ1) is 23.5. The molecule has 1 amide bonds. The lowest BCUT2D eigenvalue weighted by atomic mass is 10.2. The van der Waals surface area contributed by atoms with Crippen LogP contribution in [-0.4, -0.2) is 36.5 Å². The summed E-state index contributed by atoms with van der Waals surface area (Å²) in [6.07, 6.45) is -4.50. The summed E-state index contributed by atoms with van der Waals surface area (Å²) in [5, 5.41) is 10.0. The minimum absolute atomic E-state index is 0.0255. The molecule has 4 aromatic rings. The molecule has 0 aliphatic carbocycles. The maximum absolute atomic E-state index is 14.0. The quantitative estimate of drug-likeness (QED) is 0.390. The van der Waals surface area contributed by atoms with Crippen molar-refractivity contribution < 1.29 is 31.1 Å². The number of carbonyl (C=O) groups excluding carboxylic acids is 1. The van der Waals surface area contributed by atoms with E-state index in [4.69, 9.17) is 11.6 Å². The van der Waals surface area contributed by atoms with Crippen LogP contribution >= 0.6 is 11.6 Å². The summed E-state index contributed by atoms with van der Waals surface area (Å²) in [7, 11) is 0. The van der Waals surface area contributed by atoms with E-state index in [-0.39, 0.29) is 33.2 Å². The third-order valence-electron chi connectivity index (χ3n) is 4.67. The van der Waals surface area contributed by atoms with E-state index >= 15 is 0 Å². The van der Waals surface area contributed by atoms with Crippen molar-refractivity contribution in [2.24, 2.45) is 0 Å². The SMILES string of the molecule is Cc1cc(C(F)(F)C(F)(F)F)n2nc(C(=O)Nc3nn(Cc4ccc(F)cc4)cc3Cl)cc2n1. The fraction of sp³-hybridized carbons (Fsp3) is 0.200. The predicted molar refractivity (Wildman–Crippen MR) is 108 cm³/mol. The average Bonchev–Trinajstić information content (AvgIpc) is 3.31. The fourth-order valence-corrected chi connectivity index (χ4v) is 3.29. The third-order valence-corrected chi connectivity index (χ3v) is 4.95. The van der Waals surface area contributed by atoms with Gasteiger partial charge in [0.15, 0.2) is 17.2 Å². The van der Waals surface area contributed by atoms with Gasteiger partial charge in [0.1, 0.15) is 16.5 Å². The van der Waals surface area contributed by atoms with Crippen LogP contribution in [0.4, 0.5) is 32.2 Å². The van der Waals surface area contributed by atoms with Gasteiger partial charge in [-0.2, -0.15) is 32.1 Å². The largest absolute Gasteiger partial charge is 0.459 e. The van der Waals surface area contributed by atoms with Gasteiger partial charge in [-0.05, 0) is 30.7 Å². The number of aromatic nitrogens is 5. The first-order valence-electron chi connectivity index (χ1n) is 9.46. The number of carbonyl (C=O) groups is 1. The molecule has 3 heterocycles. The zero-order valence-electron chi connectivity index (χ0n) is 17.0. The van der Waals surface area contributed by atoms with Gasteiger partial charge < -0.3 is 5.32 Å². The van der Waals surface area contributed by atoms with Crippen LogP contribution in [0.2, 0.25) is 5.02 Å². The van der Waals surface area contributed by atoms with Crippen LogP contribution in [0.5, 0.6) is 0 Å². The monoisotopic (exact) mass is 502 g/mol.